The average Bonchev–Trinajstić information content (AvgIpc) is 2.86. The van der Waals surface area contributed by atoms with Gasteiger partial charge in [0.2, 0.25) is 11.8 Å². The molecular formula is C23H25N3O7. The second-order valence-corrected chi connectivity index (χ2v) is 6.79. The molecule has 2 aromatic carbocycles. The number of benzene rings is 2. The average molecular weight is 455 g/mol. The van der Waals surface area contributed by atoms with Gasteiger partial charge in [0.1, 0.15) is 19.1 Å². The normalized spacial score (nSPS) is 11.9. The van der Waals surface area contributed by atoms with Crippen molar-refractivity contribution in [1.29, 1.82) is 0 Å². The molecule has 0 aromatic heterocycles. The van der Waals surface area contributed by atoms with Crippen LogP contribution in [0.3, 0.4) is 0 Å². The fourth-order valence-electron chi connectivity index (χ4n) is 2.95. The maximum Gasteiger partial charge on any atom is 0.325 e. The fraction of sp³-hybridized carbons (Fsp3) is 0.261. The number of nitrogens with one attached hydrogen (secondary N) is 3. The Balaban J connectivity index is 2.40. The molecule has 0 bridgehead atoms. The number of carbonyl (C=O) groups is 5. The van der Waals surface area contributed by atoms with Crippen LogP contribution < -0.4 is 16.0 Å². The first-order valence-electron chi connectivity index (χ1n) is 9.97. The monoisotopic (exact) mass is 455 g/mol. The molecule has 0 fully saturated rings. The molecule has 0 unspecified atom stereocenters. The first-order valence-corrected chi connectivity index (χ1v) is 9.97. The zero-order valence-corrected chi connectivity index (χ0v) is 18.2. The minimum atomic E-state index is -1.41. The van der Waals surface area contributed by atoms with Gasteiger partial charge in [-0.2, -0.15) is 0 Å². The van der Waals surface area contributed by atoms with Gasteiger partial charge in [0.25, 0.3) is 5.91 Å². The van der Waals surface area contributed by atoms with Crippen LogP contribution in [0.5, 0.6) is 0 Å². The molecule has 0 aliphatic rings. The summed E-state index contributed by atoms with van der Waals surface area (Å²) in [5.74, 6) is -4.69. The summed E-state index contributed by atoms with van der Waals surface area (Å²) >= 11 is 0. The van der Waals surface area contributed by atoms with Gasteiger partial charge < -0.3 is 25.4 Å². The Bertz CT molecular complexity index is 980. The Hall–Kier alpha value is -4.21. The van der Waals surface area contributed by atoms with Gasteiger partial charge in [-0.25, -0.2) is 0 Å². The van der Waals surface area contributed by atoms with Crippen LogP contribution in [0, 0.1) is 0 Å². The van der Waals surface area contributed by atoms with Crippen LogP contribution in [0.2, 0.25) is 0 Å². The molecule has 174 valence electrons. The zero-order valence-electron chi connectivity index (χ0n) is 18.2. The molecule has 3 N–H and O–H groups in total. The highest BCUT2D eigenvalue weighted by molar-refractivity contribution is 6.01. The van der Waals surface area contributed by atoms with Crippen LogP contribution in [-0.2, 0) is 28.7 Å². The molecule has 0 radical (unpaired) electrons. The number of hydrogen-bond acceptors (Lipinski definition) is 7. The molecule has 0 aliphatic carbocycles. The van der Waals surface area contributed by atoms with Crippen molar-refractivity contribution in [2.45, 2.75) is 12.0 Å². The van der Waals surface area contributed by atoms with Crippen LogP contribution in [0.1, 0.15) is 21.8 Å². The zero-order chi connectivity index (χ0) is 24.2. The van der Waals surface area contributed by atoms with E-state index >= 15 is 0 Å². The van der Waals surface area contributed by atoms with Gasteiger partial charge in [-0.15, -0.1) is 0 Å². The Morgan fingerprint density at radius 3 is 1.73 bits per heavy atom. The first-order chi connectivity index (χ1) is 15.9. The predicted molar refractivity (Wildman–Crippen MR) is 117 cm³/mol. The topological polar surface area (TPSA) is 140 Å². The standard InChI is InChI=1S/C23H25N3O7/c1-32-17(27)13-24-22(30)19(15-9-5-3-6-10-15)20(23(31)25-14-18(28)33-2)26-21(29)16-11-7-4-8-12-16/h3-12,19-20H,13-14H2,1-2H3,(H,24,30)(H,25,31)(H,26,29)/t19-,20-/m1/s1. The molecule has 33 heavy (non-hydrogen) atoms. The van der Waals surface area contributed by atoms with Crippen molar-refractivity contribution in [2.75, 3.05) is 27.3 Å². The highest BCUT2D eigenvalue weighted by atomic mass is 16.5. The molecule has 0 aliphatic heterocycles. The summed E-state index contributed by atoms with van der Waals surface area (Å²) in [6, 6.07) is 15.0. The number of esters is 2. The summed E-state index contributed by atoms with van der Waals surface area (Å²) in [5.41, 5.74) is 0.677. The van der Waals surface area contributed by atoms with E-state index in [-0.39, 0.29) is 5.56 Å². The molecule has 0 spiro atoms. The lowest BCUT2D eigenvalue weighted by atomic mass is 9.89. The molecule has 2 aromatic rings. The second kappa shape index (κ2) is 12.6. The van der Waals surface area contributed by atoms with Crippen LogP contribution in [0.25, 0.3) is 0 Å². The van der Waals surface area contributed by atoms with Gasteiger partial charge >= 0.3 is 11.9 Å². The number of ether oxygens (including phenoxy) is 2. The second-order valence-electron chi connectivity index (χ2n) is 6.79. The number of amides is 3. The number of carbonyl (C=O) groups excluding carboxylic acids is 5. The summed E-state index contributed by atoms with van der Waals surface area (Å²) in [4.78, 5) is 62.0. The maximum atomic E-state index is 13.1. The van der Waals surface area contributed by atoms with Crippen molar-refractivity contribution in [3.63, 3.8) is 0 Å². The van der Waals surface area contributed by atoms with E-state index in [9.17, 15) is 24.0 Å². The van der Waals surface area contributed by atoms with Crippen LogP contribution in [-0.4, -0.2) is 63.0 Å². The Kier molecular flexibility index (Phi) is 9.56. The van der Waals surface area contributed by atoms with Crippen molar-refractivity contribution in [3.8, 4) is 0 Å². The molecule has 0 saturated carbocycles. The molecule has 10 nitrogen and oxygen atoms in total. The van der Waals surface area contributed by atoms with Gasteiger partial charge in [0.05, 0.1) is 20.1 Å². The number of rotatable bonds is 10. The largest absolute Gasteiger partial charge is 0.468 e. The van der Waals surface area contributed by atoms with E-state index < -0.39 is 54.7 Å². The lowest BCUT2D eigenvalue weighted by molar-refractivity contribution is -0.142. The lowest BCUT2D eigenvalue weighted by Gasteiger charge is -2.27. The smallest absolute Gasteiger partial charge is 0.325 e. The third-order valence-corrected chi connectivity index (χ3v) is 4.65. The van der Waals surface area contributed by atoms with Gasteiger partial charge in [-0.05, 0) is 17.7 Å². The molecule has 2 atom stereocenters. The lowest BCUT2D eigenvalue weighted by Crippen LogP contribution is -2.54. The number of methoxy groups -OCH3 is 2. The van der Waals surface area contributed by atoms with Gasteiger partial charge in [0.15, 0.2) is 0 Å². The van der Waals surface area contributed by atoms with Crippen molar-refractivity contribution in [2.24, 2.45) is 0 Å². The molecule has 0 saturated heterocycles. The summed E-state index contributed by atoms with van der Waals surface area (Å²) in [5, 5.41) is 7.37. The molecule has 3 amide bonds. The van der Waals surface area contributed by atoms with Gasteiger partial charge in [0, 0.05) is 5.56 Å². The summed E-state index contributed by atoms with van der Waals surface area (Å²) in [6.07, 6.45) is 0. The SMILES string of the molecule is COC(=O)CNC(=O)[C@H](c1ccccc1)[C@@H](NC(=O)c1ccccc1)C(=O)NCC(=O)OC. The first kappa shape index (κ1) is 25.1. The predicted octanol–water partition coefficient (Wildman–Crippen LogP) is 0.147. The van der Waals surface area contributed by atoms with E-state index in [0.29, 0.717) is 5.56 Å². The summed E-state index contributed by atoms with van der Waals surface area (Å²) in [7, 11) is 2.34. The summed E-state index contributed by atoms with van der Waals surface area (Å²) < 4.78 is 9.07. The van der Waals surface area contributed by atoms with E-state index in [4.69, 9.17) is 0 Å². The Morgan fingerprint density at radius 1 is 0.727 bits per heavy atom. The maximum absolute atomic E-state index is 13.1. The Labute approximate surface area is 190 Å². The fourth-order valence-corrected chi connectivity index (χ4v) is 2.95. The van der Waals surface area contributed by atoms with Crippen LogP contribution >= 0.6 is 0 Å². The van der Waals surface area contributed by atoms with Gasteiger partial charge in [-0.3, -0.25) is 24.0 Å². The molecule has 2 rings (SSSR count). The van der Waals surface area contributed by atoms with E-state index in [1.165, 1.54) is 7.11 Å². The van der Waals surface area contributed by atoms with E-state index in [2.05, 4.69) is 25.4 Å². The quantitative estimate of drug-likeness (QED) is 0.433. The number of hydrogen-bond donors (Lipinski definition) is 3. The van der Waals surface area contributed by atoms with Crippen molar-refractivity contribution < 1.29 is 33.4 Å². The third kappa shape index (κ3) is 7.46. The molecule has 10 heteroatoms. The molecular weight excluding hydrogens is 430 g/mol. The van der Waals surface area contributed by atoms with Crippen molar-refractivity contribution in [1.82, 2.24) is 16.0 Å². The summed E-state index contributed by atoms with van der Waals surface area (Å²) in [6.45, 7) is -0.889. The minimum absolute atomic E-state index is 0.269. The highest BCUT2D eigenvalue weighted by Gasteiger charge is 2.37. The highest BCUT2D eigenvalue weighted by Crippen LogP contribution is 2.21. The van der Waals surface area contributed by atoms with E-state index in [1.54, 1.807) is 60.7 Å². The Morgan fingerprint density at radius 2 is 1.21 bits per heavy atom. The minimum Gasteiger partial charge on any atom is -0.468 e. The van der Waals surface area contributed by atoms with Crippen molar-refractivity contribution >= 4 is 29.7 Å². The van der Waals surface area contributed by atoms with Crippen molar-refractivity contribution in [3.05, 3.63) is 71.8 Å². The third-order valence-electron chi connectivity index (χ3n) is 4.65. The molecule has 0 heterocycles. The van der Waals surface area contributed by atoms with Crippen LogP contribution in [0.4, 0.5) is 0 Å². The van der Waals surface area contributed by atoms with E-state index in [0.717, 1.165) is 7.11 Å². The van der Waals surface area contributed by atoms with E-state index in [1.807, 2.05) is 0 Å². The van der Waals surface area contributed by atoms with Crippen LogP contribution in [0.15, 0.2) is 60.7 Å². The van der Waals surface area contributed by atoms with Gasteiger partial charge in [-0.1, -0.05) is 48.5 Å².